The minimum atomic E-state index is -0.357. The van der Waals surface area contributed by atoms with Crippen molar-refractivity contribution in [3.05, 3.63) is 30.1 Å². The third-order valence-corrected chi connectivity index (χ3v) is 3.48. The van der Waals surface area contributed by atoms with E-state index >= 15 is 0 Å². The number of anilines is 1. The molecular weight excluding hydrogens is 309 g/mol. The molecule has 0 spiro atoms. The summed E-state index contributed by atoms with van der Waals surface area (Å²) >= 11 is 0. The smallest absolute Gasteiger partial charge is 0.244 e. The molecule has 0 atom stereocenters. The highest BCUT2D eigenvalue weighted by Gasteiger charge is 2.31. The molecule has 0 radical (unpaired) electrons. The van der Waals surface area contributed by atoms with Crippen LogP contribution in [-0.4, -0.2) is 42.4 Å². The fraction of sp³-hybridized carbons (Fsp3) is 0.467. The van der Waals surface area contributed by atoms with Crippen molar-refractivity contribution in [1.82, 2.24) is 10.2 Å². The number of hydrogen-bond acceptors (Lipinski definition) is 3. The van der Waals surface area contributed by atoms with Crippen LogP contribution in [0, 0.1) is 11.7 Å². The highest BCUT2D eigenvalue weighted by molar-refractivity contribution is 5.95. The van der Waals surface area contributed by atoms with Gasteiger partial charge in [-0.1, -0.05) is 0 Å². The summed E-state index contributed by atoms with van der Waals surface area (Å²) in [7, 11) is 0. The van der Waals surface area contributed by atoms with Gasteiger partial charge in [0.2, 0.25) is 11.8 Å². The van der Waals surface area contributed by atoms with Crippen molar-refractivity contribution in [3.63, 3.8) is 0 Å². The van der Waals surface area contributed by atoms with Crippen LogP contribution < -0.4 is 10.6 Å². The molecule has 22 heavy (non-hydrogen) atoms. The average Bonchev–Trinajstić information content (AvgIpc) is 2.36. The maximum Gasteiger partial charge on any atom is 0.244 e. The standard InChI is InChI=1S/C15H20FN3O2.ClH/c1-10(2)19(15(21)11-7-17-8-11)9-14(20)18-13-5-3-12(16)4-6-13;/h3-6,10-11,17H,7-9H2,1-2H3,(H,18,20);1H. The normalized spacial score (nSPS) is 14.0. The fourth-order valence-electron chi connectivity index (χ4n) is 2.10. The van der Waals surface area contributed by atoms with E-state index in [9.17, 15) is 14.0 Å². The number of amides is 2. The molecule has 0 unspecified atom stereocenters. The van der Waals surface area contributed by atoms with Crippen molar-refractivity contribution in [2.75, 3.05) is 25.0 Å². The van der Waals surface area contributed by atoms with Crippen LogP contribution in [0.2, 0.25) is 0 Å². The summed E-state index contributed by atoms with van der Waals surface area (Å²) in [6, 6.07) is 5.49. The van der Waals surface area contributed by atoms with Crippen LogP contribution in [0.15, 0.2) is 24.3 Å². The van der Waals surface area contributed by atoms with Crippen LogP contribution in [0.5, 0.6) is 0 Å². The number of rotatable bonds is 5. The van der Waals surface area contributed by atoms with Gasteiger partial charge in [0.05, 0.1) is 5.92 Å². The second-order valence-electron chi connectivity index (χ2n) is 5.47. The molecule has 0 aromatic heterocycles. The van der Waals surface area contributed by atoms with Crippen LogP contribution in [0.25, 0.3) is 0 Å². The lowest BCUT2D eigenvalue weighted by atomic mass is 10.0. The van der Waals surface area contributed by atoms with Gasteiger partial charge in [0.1, 0.15) is 12.4 Å². The van der Waals surface area contributed by atoms with Gasteiger partial charge in [0, 0.05) is 24.8 Å². The van der Waals surface area contributed by atoms with E-state index in [0.717, 1.165) is 0 Å². The Morgan fingerprint density at radius 2 is 1.91 bits per heavy atom. The lowest BCUT2D eigenvalue weighted by Gasteiger charge is -2.34. The number of carbonyl (C=O) groups excluding carboxylic acids is 2. The van der Waals surface area contributed by atoms with Gasteiger partial charge in [-0.3, -0.25) is 9.59 Å². The summed E-state index contributed by atoms with van der Waals surface area (Å²) in [6.07, 6.45) is 0. The third-order valence-electron chi connectivity index (χ3n) is 3.48. The van der Waals surface area contributed by atoms with Gasteiger partial charge in [-0.15, -0.1) is 12.4 Å². The molecule has 0 bridgehead atoms. The first-order valence-corrected chi connectivity index (χ1v) is 7.04. The van der Waals surface area contributed by atoms with E-state index in [1.807, 2.05) is 13.8 Å². The Hall–Kier alpha value is -1.66. The number of hydrogen-bond donors (Lipinski definition) is 2. The Morgan fingerprint density at radius 3 is 2.36 bits per heavy atom. The molecule has 0 aliphatic carbocycles. The van der Waals surface area contributed by atoms with Crippen LogP contribution in [0.4, 0.5) is 10.1 Å². The topological polar surface area (TPSA) is 61.4 Å². The summed E-state index contributed by atoms with van der Waals surface area (Å²) in [5, 5.41) is 5.72. The number of nitrogens with one attached hydrogen (secondary N) is 2. The van der Waals surface area contributed by atoms with Crippen LogP contribution in [0.1, 0.15) is 13.8 Å². The summed E-state index contributed by atoms with van der Waals surface area (Å²) < 4.78 is 12.8. The van der Waals surface area contributed by atoms with E-state index in [1.165, 1.54) is 24.3 Å². The van der Waals surface area contributed by atoms with Gasteiger partial charge in [0.25, 0.3) is 0 Å². The minimum absolute atomic E-state index is 0. The van der Waals surface area contributed by atoms with Gasteiger partial charge in [-0.25, -0.2) is 4.39 Å². The van der Waals surface area contributed by atoms with Gasteiger partial charge < -0.3 is 15.5 Å². The molecule has 1 heterocycles. The number of halogens is 2. The number of nitrogens with zero attached hydrogens (tertiary/aromatic N) is 1. The molecule has 1 aromatic rings. The minimum Gasteiger partial charge on any atom is -0.331 e. The highest BCUT2D eigenvalue weighted by atomic mass is 35.5. The Morgan fingerprint density at radius 1 is 1.32 bits per heavy atom. The van der Waals surface area contributed by atoms with Crippen LogP contribution in [-0.2, 0) is 9.59 Å². The van der Waals surface area contributed by atoms with Crippen molar-refractivity contribution in [2.24, 2.45) is 5.92 Å². The molecule has 1 aliphatic heterocycles. The van der Waals surface area contributed by atoms with E-state index in [0.29, 0.717) is 18.8 Å². The molecule has 2 N–H and O–H groups in total. The van der Waals surface area contributed by atoms with E-state index < -0.39 is 0 Å². The SMILES string of the molecule is CC(C)N(CC(=O)Nc1ccc(F)cc1)C(=O)C1CNC1.Cl. The summed E-state index contributed by atoms with van der Waals surface area (Å²) in [5.41, 5.74) is 0.517. The van der Waals surface area contributed by atoms with Crippen LogP contribution in [0.3, 0.4) is 0 Å². The predicted molar refractivity (Wildman–Crippen MR) is 85.5 cm³/mol. The zero-order valence-corrected chi connectivity index (χ0v) is 13.5. The van der Waals surface area contributed by atoms with Crippen molar-refractivity contribution in [3.8, 4) is 0 Å². The number of carbonyl (C=O) groups is 2. The molecule has 7 heteroatoms. The first-order valence-electron chi connectivity index (χ1n) is 7.04. The highest BCUT2D eigenvalue weighted by Crippen LogP contribution is 2.12. The van der Waals surface area contributed by atoms with E-state index in [2.05, 4.69) is 10.6 Å². The molecule has 5 nitrogen and oxygen atoms in total. The van der Waals surface area contributed by atoms with Gasteiger partial charge >= 0.3 is 0 Å². The Bertz CT molecular complexity index is 518. The second kappa shape index (κ2) is 8.10. The number of benzene rings is 1. The van der Waals surface area contributed by atoms with Gasteiger partial charge in [-0.2, -0.15) is 0 Å². The van der Waals surface area contributed by atoms with Gasteiger partial charge in [0.15, 0.2) is 0 Å². The van der Waals surface area contributed by atoms with Gasteiger partial charge in [-0.05, 0) is 38.1 Å². The Labute approximate surface area is 135 Å². The summed E-state index contributed by atoms with van der Waals surface area (Å²) in [5.74, 6) is -0.676. The molecule has 1 fully saturated rings. The van der Waals surface area contributed by atoms with Crippen LogP contribution >= 0.6 is 12.4 Å². The summed E-state index contributed by atoms with van der Waals surface area (Å²) in [4.78, 5) is 25.9. The molecule has 1 aliphatic rings. The first kappa shape index (κ1) is 18.4. The third kappa shape index (κ3) is 4.68. The molecule has 2 amide bonds. The first-order chi connectivity index (χ1) is 9.97. The molecule has 1 saturated heterocycles. The average molecular weight is 330 g/mol. The van der Waals surface area contributed by atoms with Crippen molar-refractivity contribution >= 4 is 29.9 Å². The van der Waals surface area contributed by atoms with E-state index in [-0.39, 0.29) is 48.5 Å². The lowest BCUT2D eigenvalue weighted by molar-refractivity contribution is -0.141. The summed E-state index contributed by atoms with van der Waals surface area (Å²) in [6.45, 7) is 5.11. The predicted octanol–water partition coefficient (Wildman–Crippen LogP) is 1.64. The second-order valence-corrected chi connectivity index (χ2v) is 5.47. The maximum atomic E-state index is 12.8. The Kier molecular flexibility index (Phi) is 6.77. The fourth-order valence-corrected chi connectivity index (χ4v) is 2.10. The zero-order chi connectivity index (χ0) is 15.4. The molecule has 2 rings (SSSR count). The van der Waals surface area contributed by atoms with Crippen molar-refractivity contribution < 1.29 is 14.0 Å². The Balaban J connectivity index is 0.00000242. The zero-order valence-electron chi connectivity index (χ0n) is 12.6. The lowest BCUT2D eigenvalue weighted by Crippen LogP contribution is -2.54. The quantitative estimate of drug-likeness (QED) is 0.863. The molecule has 122 valence electrons. The van der Waals surface area contributed by atoms with Crippen molar-refractivity contribution in [1.29, 1.82) is 0 Å². The largest absolute Gasteiger partial charge is 0.331 e. The van der Waals surface area contributed by atoms with Crippen molar-refractivity contribution in [2.45, 2.75) is 19.9 Å². The maximum absolute atomic E-state index is 12.8. The molecule has 0 saturated carbocycles. The monoisotopic (exact) mass is 329 g/mol. The molecule has 1 aromatic carbocycles. The molecular formula is C15H21ClFN3O2. The van der Waals surface area contributed by atoms with E-state index in [1.54, 1.807) is 4.90 Å². The van der Waals surface area contributed by atoms with E-state index in [4.69, 9.17) is 0 Å².